The Morgan fingerprint density at radius 3 is 2.40 bits per heavy atom. The Morgan fingerprint density at radius 2 is 1.65 bits per heavy atom. The molecule has 0 fully saturated rings. The highest BCUT2D eigenvalue weighted by molar-refractivity contribution is 5.86. The van der Waals surface area contributed by atoms with Crippen molar-refractivity contribution in [1.82, 2.24) is 4.98 Å². The molecule has 2 aromatic carbocycles. The molecule has 20 heavy (non-hydrogen) atoms. The lowest BCUT2D eigenvalue weighted by Crippen LogP contribution is -1.90. The molecule has 0 unspecified atom stereocenters. The minimum atomic E-state index is 0.736. The minimum Gasteiger partial charge on any atom is -0.493 e. The summed E-state index contributed by atoms with van der Waals surface area (Å²) < 4.78 is 10.6. The highest BCUT2D eigenvalue weighted by Crippen LogP contribution is 2.33. The first-order chi connectivity index (χ1) is 9.71. The first kappa shape index (κ1) is 12.6. The van der Waals surface area contributed by atoms with Gasteiger partial charge < -0.3 is 14.5 Å². The van der Waals surface area contributed by atoms with Crippen molar-refractivity contribution in [2.75, 3.05) is 14.2 Å². The molecule has 102 valence electrons. The van der Waals surface area contributed by atoms with Crippen LogP contribution < -0.4 is 9.47 Å². The van der Waals surface area contributed by atoms with Gasteiger partial charge in [0.05, 0.1) is 14.2 Å². The summed E-state index contributed by atoms with van der Waals surface area (Å²) in [7, 11) is 3.29. The van der Waals surface area contributed by atoms with Crippen LogP contribution in [0.5, 0.6) is 11.5 Å². The van der Waals surface area contributed by atoms with Crippen molar-refractivity contribution >= 4 is 10.9 Å². The van der Waals surface area contributed by atoms with Crippen LogP contribution in [0.3, 0.4) is 0 Å². The van der Waals surface area contributed by atoms with Gasteiger partial charge in [0, 0.05) is 22.2 Å². The number of H-pyrrole nitrogens is 1. The average molecular weight is 267 g/mol. The number of methoxy groups -OCH3 is 2. The molecule has 0 radical (unpaired) electrons. The Bertz CT molecular complexity index is 759. The summed E-state index contributed by atoms with van der Waals surface area (Å²) >= 11 is 0. The number of nitrogens with one attached hydrogen (secondary N) is 1. The molecule has 0 aliphatic carbocycles. The van der Waals surface area contributed by atoms with E-state index in [9.17, 15) is 0 Å². The van der Waals surface area contributed by atoms with Crippen molar-refractivity contribution in [3.8, 4) is 22.8 Å². The number of hydrogen-bond donors (Lipinski definition) is 1. The molecule has 0 amide bonds. The fraction of sp³-hybridized carbons (Fsp3) is 0.176. The maximum Gasteiger partial charge on any atom is 0.161 e. The fourth-order valence-corrected chi connectivity index (χ4v) is 2.40. The van der Waals surface area contributed by atoms with Gasteiger partial charge >= 0.3 is 0 Å². The van der Waals surface area contributed by atoms with Gasteiger partial charge in [-0.05, 0) is 42.8 Å². The molecular weight excluding hydrogens is 250 g/mol. The van der Waals surface area contributed by atoms with Crippen molar-refractivity contribution in [3.05, 3.63) is 48.0 Å². The van der Waals surface area contributed by atoms with Crippen LogP contribution in [-0.4, -0.2) is 19.2 Å². The van der Waals surface area contributed by atoms with E-state index in [4.69, 9.17) is 9.47 Å². The van der Waals surface area contributed by atoms with Crippen molar-refractivity contribution in [1.29, 1.82) is 0 Å². The molecule has 1 aromatic heterocycles. The average Bonchev–Trinajstić information content (AvgIpc) is 2.89. The largest absolute Gasteiger partial charge is 0.493 e. The van der Waals surface area contributed by atoms with Crippen LogP contribution >= 0.6 is 0 Å². The molecule has 3 aromatic rings. The summed E-state index contributed by atoms with van der Waals surface area (Å²) in [5, 5.41) is 1.21. The van der Waals surface area contributed by atoms with Crippen LogP contribution in [0.15, 0.2) is 42.5 Å². The highest BCUT2D eigenvalue weighted by atomic mass is 16.5. The molecule has 1 N–H and O–H groups in total. The Morgan fingerprint density at radius 1 is 0.850 bits per heavy atom. The van der Waals surface area contributed by atoms with Gasteiger partial charge in [-0.3, -0.25) is 0 Å². The number of hydrogen-bond acceptors (Lipinski definition) is 2. The molecule has 3 nitrogen and oxygen atoms in total. The van der Waals surface area contributed by atoms with Gasteiger partial charge in [-0.25, -0.2) is 0 Å². The van der Waals surface area contributed by atoms with Gasteiger partial charge in [0.15, 0.2) is 11.5 Å². The van der Waals surface area contributed by atoms with Gasteiger partial charge in [0.1, 0.15) is 0 Å². The minimum absolute atomic E-state index is 0.736. The number of ether oxygens (including phenoxy) is 2. The van der Waals surface area contributed by atoms with Crippen LogP contribution in [-0.2, 0) is 0 Å². The van der Waals surface area contributed by atoms with Gasteiger partial charge in [-0.15, -0.1) is 0 Å². The zero-order valence-corrected chi connectivity index (χ0v) is 11.9. The Kier molecular flexibility index (Phi) is 3.11. The van der Waals surface area contributed by atoms with Crippen LogP contribution in [0.2, 0.25) is 0 Å². The number of benzene rings is 2. The summed E-state index contributed by atoms with van der Waals surface area (Å²) in [6.45, 7) is 2.09. The van der Waals surface area contributed by atoms with E-state index in [1.54, 1.807) is 14.2 Å². The third-order valence-corrected chi connectivity index (χ3v) is 3.47. The fourth-order valence-electron chi connectivity index (χ4n) is 2.40. The van der Waals surface area contributed by atoms with Gasteiger partial charge in [0.25, 0.3) is 0 Å². The van der Waals surface area contributed by atoms with Gasteiger partial charge in [-0.2, -0.15) is 0 Å². The summed E-state index contributed by atoms with van der Waals surface area (Å²) in [5.74, 6) is 1.48. The Labute approximate surface area is 118 Å². The van der Waals surface area contributed by atoms with E-state index < -0.39 is 0 Å². The number of aromatic nitrogens is 1. The van der Waals surface area contributed by atoms with Crippen LogP contribution in [0.25, 0.3) is 22.2 Å². The predicted molar refractivity (Wildman–Crippen MR) is 81.6 cm³/mol. The van der Waals surface area contributed by atoms with E-state index in [1.807, 2.05) is 18.2 Å². The number of rotatable bonds is 3. The normalized spacial score (nSPS) is 10.8. The number of aryl methyl sites for hydroxylation is 1. The summed E-state index contributed by atoms with van der Waals surface area (Å²) in [6.07, 6.45) is 0. The lowest BCUT2D eigenvalue weighted by Gasteiger charge is -2.08. The number of aromatic amines is 1. The van der Waals surface area contributed by atoms with Gasteiger partial charge in [-0.1, -0.05) is 12.1 Å². The summed E-state index contributed by atoms with van der Waals surface area (Å²) in [5.41, 5.74) is 4.55. The molecule has 0 saturated carbocycles. The third-order valence-electron chi connectivity index (χ3n) is 3.47. The van der Waals surface area contributed by atoms with Crippen molar-refractivity contribution in [3.63, 3.8) is 0 Å². The molecule has 1 heterocycles. The zero-order chi connectivity index (χ0) is 14.1. The van der Waals surface area contributed by atoms with Crippen LogP contribution in [0.1, 0.15) is 5.56 Å². The van der Waals surface area contributed by atoms with Crippen molar-refractivity contribution in [2.45, 2.75) is 6.92 Å². The second-order valence-electron chi connectivity index (χ2n) is 4.84. The first-order valence-corrected chi connectivity index (χ1v) is 6.53. The van der Waals surface area contributed by atoms with E-state index in [0.29, 0.717) is 0 Å². The van der Waals surface area contributed by atoms with Crippen LogP contribution in [0.4, 0.5) is 0 Å². The van der Waals surface area contributed by atoms with E-state index in [2.05, 4.69) is 36.2 Å². The van der Waals surface area contributed by atoms with Gasteiger partial charge in [0.2, 0.25) is 0 Å². The lowest BCUT2D eigenvalue weighted by atomic mass is 10.1. The third kappa shape index (κ3) is 2.11. The second kappa shape index (κ2) is 4.93. The zero-order valence-electron chi connectivity index (χ0n) is 11.9. The quantitative estimate of drug-likeness (QED) is 0.773. The summed E-state index contributed by atoms with van der Waals surface area (Å²) in [6, 6.07) is 14.5. The molecule has 0 spiro atoms. The molecule has 0 saturated heterocycles. The summed E-state index contributed by atoms with van der Waals surface area (Å²) in [4.78, 5) is 3.45. The molecule has 0 aliphatic heterocycles. The lowest BCUT2D eigenvalue weighted by molar-refractivity contribution is 0.355. The second-order valence-corrected chi connectivity index (χ2v) is 4.84. The molecular formula is C17H17NO2. The predicted octanol–water partition coefficient (Wildman–Crippen LogP) is 4.16. The van der Waals surface area contributed by atoms with Crippen LogP contribution in [0, 0.1) is 6.92 Å². The SMILES string of the molecule is COc1ccc(-c2cc3ccc(C)cc3[nH]2)cc1OC. The molecule has 0 atom stereocenters. The smallest absolute Gasteiger partial charge is 0.161 e. The van der Waals surface area contributed by atoms with E-state index >= 15 is 0 Å². The topological polar surface area (TPSA) is 34.2 Å². The van der Waals surface area contributed by atoms with E-state index in [0.717, 1.165) is 28.3 Å². The Hall–Kier alpha value is -2.42. The Balaban J connectivity index is 2.10. The first-order valence-electron chi connectivity index (χ1n) is 6.53. The number of fused-ring (bicyclic) bond motifs is 1. The standard InChI is InChI=1S/C17H17NO2/c1-11-4-5-12-9-15(18-14(12)8-11)13-6-7-16(19-2)17(10-13)20-3/h4-10,18H,1-3H3. The van der Waals surface area contributed by atoms with E-state index in [1.165, 1.54) is 10.9 Å². The maximum absolute atomic E-state index is 5.35. The maximum atomic E-state index is 5.35. The molecule has 0 aliphatic rings. The van der Waals surface area contributed by atoms with E-state index in [-0.39, 0.29) is 0 Å². The van der Waals surface area contributed by atoms with Crippen molar-refractivity contribution < 1.29 is 9.47 Å². The molecule has 3 heteroatoms. The highest BCUT2D eigenvalue weighted by Gasteiger charge is 2.08. The monoisotopic (exact) mass is 267 g/mol. The molecule has 3 rings (SSSR count). The van der Waals surface area contributed by atoms with Crippen molar-refractivity contribution in [2.24, 2.45) is 0 Å². The molecule has 0 bridgehead atoms.